The number of esters is 1. The third-order valence-electron chi connectivity index (χ3n) is 4.72. The van der Waals surface area contributed by atoms with Crippen LogP contribution in [0.1, 0.15) is 48.9 Å². The van der Waals surface area contributed by atoms with E-state index in [4.69, 9.17) is 9.57 Å². The molecule has 28 heavy (non-hydrogen) atoms. The topological polar surface area (TPSA) is 90.0 Å². The summed E-state index contributed by atoms with van der Waals surface area (Å²) in [6, 6.07) is 3.84. The van der Waals surface area contributed by atoms with Gasteiger partial charge in [0.25, 0.3) is 11.8 Å². The van der Waals surface area contributed by atoms with E-state index in [9.17, 15) is 19.2 Å². The van der Waals surface area contributed by atoms with Crippen LogP contribution >= 0.6 is 67.8 Å². The number of imide groups is 1. The van der Waals surface area contributed by atoms with Gasteiger partial charge in [-0.1, -0.05) is 0 Å². The molecule has 1 aromatic carbocycles. The molecule has 1 aromatic rings. The van der Waals surface area contributed by atoms with E-state index in [1.807, 2.05) is 12.1 Å². The van der Waals surface area contributed by atoms with Crippen LogP contribution in [0.25, 0.3) is 0 Å². The minimum atomic E-state index is -0.574. The second-order valence-corrected chi connectivity index (χ2v) is 9.99. The lowest BCUT2D eigenvalue weighted by molar-refractivity contribution is -0.201. The van der Waals surface area contributed by atoms with E-state index in [2.05, 4.69) is 67.8 Å². The zero-order chi connectivity index (χ0) is 20.4. The van der Waals surface area contributed by atoms with Crippen molar-refractivity contribution >= 4 is 91.5 Å². The summed E-state index contributed by atoms with van der Waals surface area (Å²) < 4.78 is 8.36. The summed E-state index contributed by atoms with van der Waals surface area (Å²) in [7, 11) is 0. The molecule has 150 valence electrons. The van der Waals surface area contributed by atoms with Crippen molar-refractivity contribution in [3.63, 3.8) is 0 Å². The van der Waals surface area contributed by atoms with Crippen LogP contribution in [0.4, 0.5) is 0 Å². The van der Waals surface area contributed by atoms with E-state index in [0.717, 1.165) is 10.7 Å². The normalized spacial score (nSPS) is 22.3. The highest BCUT2D eigenvalue weighted by Gasteiger charge is 2.36. The van der Waals surface area contributed by atoms with Gasteiger partial charge < -0.3 is 9.57 Å². The van der Waals surface area contributed by atoms with E-state index in [1.54, 1.807) is 0 Å². The van der Waals surface area contributed by atoms with E-state index in [1.165, 1.54) is 0 Å². The Bertz CT molecular complexity index is 819. The Morgan fingerprint density at radius 1 is 0.929 bits per heavy atom. The van der Waals surface area contributed by atoms with Gasteiger partial charge in [0.2, 0.25) is 0 Å². The number of carbonyl (C=O) groups excluding carboxylic acids is 4. The Balaban J connectivity index is 1.54. The number of ether oxygens (including phenoxy) is 1. The van der Waals surface area contributed by atoms with Crippen LogP contribution < -0.4 is 0 Å². The molecule has 10 heteroatoms. The molecule has 0 aromatic heterocycles. The molecule has 2 aliphatic rings. The lowest BCUT2D eigenvalue weighted by Gasteiger charge is -2.28. The summed E-state index contributed by atoms with van der Waals surface area (Å²) in [6.45, 7) is 0. The number of carbonyl (C=O) groups is 4. The first-order valence-electron chi connectivity index (χ1n) is 8.70. The predicted molar refractivity (Wildman–Crippen MR) is 123 cm³/mol. The Labute approximate surface area is 202 Å². The molecule has 3 rings (SSSR count). The fourth-order valence-electron chi connectivity index (χ4n) is 3.16. The molecular formula is C18H16I3NO6. The van der Waals surface area contributed by atoms with Crippen molar-refractivity contribution < 1.29 is 28.8 Å². The Hall–Kier alpha value is -0.510. The second-order valence-electron chi connectivity index (χ2n) is 6.59. The molecular weight excluding hydrogens is 707 g/mol. The molecule has 1 heterocycles. The van der Waals surface area contributed by atoms with Crippen molar-refractivity contribution in [3.8, 4) is 0 Å². The predicted octanol–water partition coefficient (Wildman–Crippen LogP) is 3.82. The summed E-state index contributed by atoms with van der Waals surface area (Å²) in [5, 5.41) is 0.579. The first kappa shape index (κ1) is 22.2. The van der Waals surface area contributed by atoms with Crippen LogP contribution in [-0.4, -0.2) is 34.9 Å². The Morgan fingerprint density at radius 2 is 1.50 bits per heavy atom. The summed E-state index contributed by atoms with van der Waals surface area (Å²) in [4.78, 5) is 53.0. The third kappa shape index (κ3) is 4.96. The maximum absolute atomic E-state index is 12.6. The Morgan fingerprint density at radius 3 is 2.11 bits per heavy atom. The zero-order valence-corrected chi connectivity index (χ0v) is 21.1. The summed E-state index contributed by atoms with van der Waals surface area (Å²) >= 11 is 6.45. The summed E-state index contributed by atoms with van der Waals surface area (Å²) in [5.74, 6) is -2.30. The minimum Gasteiger partial charge on any atom is -0.459 e. The largest absolute Gasteiger partial charge is 0.459 e. The van der Waals surface area contributed by atoms with Gasteiger partial charge in [-0.3, -0.25) is 9.59 Å². The van der Waals surface area contributed by atoms with E-state index in [-0.39, 0.29) is 24.9 Å². The molecule has 0 atom stereocenters. The van der Waals surface area contributed by atoms with Crippen molar-refractivity contribution in [1.82, 2.24) is 5.06 Å². The third-order valence-corrected chi connectivity index (χ3v) is 8.67. The van der Waals surface area contributed by atoms with Crippen LogP contribution in [0.2, 0.25) is 0 Å². The minimum absolute atomic E-state index is 0.0742. The van der Waals surface area contributed by atoms with Crippen LogP contribution in [0.15, 0.2) is 12.1 Å². The van der Waals surface area contributed by atoms with Gasteiger partial charge in [-0.25, -0.2) is 9.59 Å². The van der Waals surface area contributed by atoms with Crippen molar-refractivity contribution in [2.75, 3.05) is 0 Å². The lowest BCUT2D eigenvalue weighted by Crippen LogP contribution is -2.36. The average Bonchev–Trinajstić information content (AvgIpc) is 2.97. The molecule has 1 saturated heterocycles. The quantitative estimate of drug-likeness (QED) is 0.203. The first-order valence-corrected chi connectivity index (χ1v) is 11.9. The van der Waals surface area contributed by atoms with Gasteiger partial charge in [0.05, 0.1) is 11.5 Å². The number of nitrogens with zero attached hydrogens (tertiary/aromatic N) is 1. The van der Waals surface area contributed by atoms with Gasteiger partial charge in [0.1, 0.15) is 6.10 Å². The molecule has 0 N–H and O–H groups in total. The summed E-state index contributed by atoms with van der Waals surface area (Å²) in [5.41, 5.74) is 0.570. The SMILES string of the molecule is O=C(OC1CCC(C(=O)ON2C(=O)CCC2=O)CC1)c1c(I)ccc(I)c1I. The molecule has 2 fully saturated rings. The first-order chi connectivity index (χ1) is 13.3. The maximum Gasteiger partial charge on any atom is 0.340 e. The summed E-state index contributed by atoms with van der Waals surface area (Å²) in [6.07, 6.45) is 1.90. The van der Waals surface area contributed by atoms with E-state index < -0.39 is 23.7 Å². The van der Waals surface area contributed by atoms with Gasteiger partial charge in [-0.15, -0.1) is 5.06 Å². The molecule has 7 nitrogen and oxygen atoms in total. The maximum atomic E-state index is 12.6. The average molecular weight is 723 g/mol. The number of benzene rings is 1. The van der Waals surface area contributed by atoms with Crippen molar-refractivity contribution in [2.24, 2.45) is 5.92 Å². The zero-order valence-electron chi connectivity index (χ0n) is 14.6. The number of hydrogen-bond acceptors (Lipinski definition) is 6. The molecule has 0 radical (unpaired) electrons. The molecule has 1 aliphatic carbocycles. The smallest absolute Gasteiger partial charge is 0.340 e. The highest BCUT2D eigenvalue weighted by molar-refractivity contribution is 14.1. The van der Waals surface area contributed by atoms with Crippen LogP contribution in [0.3, 0.4) is 0 Å². The Kier molecular flexibility index (Phi) is 7.55. The van der Waals surface area contributed by atoms with Crippen molar-refractivity contribution in [3.05, 3.63) is 28.4 Å². The van der Waals surface area contributed by atoms with Gasteiger partial charge >= 0.3 is 11.9 Å². The molecule has 1 aliphatic heterocycles. The highest BCUT2D eigenvalue weighted by Crippen LogP contribution is 2.30. The van der Waals surface area contributed by atoms with Crippen LogP contribution in [-0.2, 0) is 24.0 Å². The van der Waals surface area contributed by atoms with E-state index >= 15 is 0 Å². The van der Waals surface area contributed by atoms with Crippen molar-refractivity contribution in [1.29, 1.82) is 0 Å². The lowest BCUT2D eigenvalue weighted by atomic mass is 9.87. The van der Waals surface area contributed by atoms with E-state index in [0.29, 0.717) is 36.3 Å². The molecule has 2 amide bonds. The molecule has 1 saturated carbocycles. The van der Waals surface area contributed by atoms with Gasteiger partial charge in [-0.05, 0) is 106 Å². The standard InChI is InChI=1S/C18H16I3NO6/c19-11-5-6-12(20)16(21)15(11)18(26)27-10-3-1-9(2-4-10)17(25)28-22-13(23)7-8-14(22)24/h5-6,9-10H,1-4,7-8H2. The van der Waals surface area contributed by atoms with Gasteiger partial charge in [0.15, 0.2) is 0 Å². The molecule has 0 bridgehead atoms. The van der Waals surface area contributed by atoms with Gasteiger partial charge in [-0.2, -0.15) is 0 Å². The second kappa shape index (κ2) is 9.53. The molecule has 0 unspecified atom stereocenters. The van der Waals surface area contributed by atoms with Crippen LogP contribution in [0, 0.1) is 16.6 Å². The molecule has 0 spiro atoms. The monoisotopic (exact) mass is 723 g/mol. The number of amides is 2. The number of hydrogen-bond donors (Lipinski definition) is 0. The number of rotatable bonds is 4. The van der Waals surface area contributed by atoms with Crippen molar-refractivity contribution in [2.45, 2.75) is 44.6 Å². The van der Waals surface area contributed by atoms with Gasteiger partial charge in [0, 0.05) is 23.6 Å². The fourth-order valence-corrected chi connectivity index (χ4v) is 5.49. The van der Waals surface area contributed by atoms with Crippen LogP contribution in [0.5, 0.6) is 0 Å². The fraction of sp³-hybridized carbons (Fsp3) is 0.444. The number of halogens is 3. The number of hydroxylamine groups is 2. The highest BCUT2D eigenvalue weighted by atomic mass is 127.